The molecule has 92 valence electrons. The Morgan fingerprint density at radius 3 is 2.88 bits per heavy atom. The summed E-state index contributed by atoms with van der Waals surface area (Å²) in [4.78, 5) is 13.9. The van der Waals surface area contributed by atoms with Crippen molar-refractivity contribution in [3.8, 4) is 0 Å². The molecule has 3 heteroatoms. The van der Waals surface area contributed by atoms with Crippen LogP contribution in [0.1, 0.15) is 45.4 Å². The number of rotatable bonds is 5. The zero-order valence-electron chi connectivity index (χ0n) is 10.4. The summed E-state index contributed by atoms with van der Waals surface area (Å²) in [5.74, 6) is 1.09. The van der Waals surface area contributed by atoms with Gasteiger partial charge in [-0.15, -0.1) is 0 Å². The zero-order valence-corrected chi connectivity index (χ0v) is 10.4. The van der Waals surface area contributed by atoms with Gasteiger partial charge in [-0.25, -0.2) is 0 Å². The van der Waals surface area contributed by atoms with Crippen molar-refractivity contribution < 1.29 is 4.79 Å². The van der Waals surface area contributed by atoms with E-state index in [0.29, 0.717) is 5.91 Å². The van der Waals surface area contributed by atoms with Gasteiger partial charge in [0.2, 0.25) is 5.91 Å². The minimum absolute atomic E-state index is 0.371. The molecule has 2 aliphatic rings. The lowest BCUT2D eigenvalue weighted by Gasteiger charge is -2.20. The van der Waals surface area contributed by atoms with E-state index in [0.717, 1.165) is 50.9 Å². The van der Waals surface area contributed by atoms with Gasteiger partial charge in [0.25, 0.3) is 0 Å². The van der Waals surface area contributed by atoms with E-state index in [1.165, 1.54) is 19.3 Å². The van der Waals surface area contributed by atoms with Crippen LogP contribution >= 0.6 is 0 Å². The molecule has 0 radical (unpaired) electrons. The zero-order chi connectivity index (χ0) is 11.4. The molecule has 1 atom stereocenters. The Morgan fingerprint density at radius 2 is 2.12 bits per heavy atom. The van der Waals surface area contributed by atoms with Gasteiger partial charge in [0.15, 0.2) is 0 Å². The molecule has 1 aliphatic carbocycles. The van der Waals surface area contributed by atoms with E-state index in [-0.39, 0.29) is 0 Å². The van der Waals surface area contributed by atoms with E-state index < -0.39 is 0 Å². The first-order valence-electron chi connectivity index (χ1n) is 6.77. The smallest absolute Gasteiger partial charge is 0.222 e. The van der Waals surface area contributed by atoms with Crippen LogP contribution in [0, 0.1) is 5.92 Å². The van der Waals surface area contributed by atoms with Crippen LogP contribution in [0.25, 0.3) is 0 Å². The molecule has 16 heavy (non-hydrogen) atoms. The average Bonchev–Trinajstić information content (AvgIpc) is 3.08. The maximum absolute atomic E-state index is 11.8. The molecule has 1 amide bonds. The number of nitrogens with zero attached hydrogens (tertiary/aromatic N) is 1. The van der Waals surface area contributed by atoms with E-state index in [4.69, 9.17) is 0 Å². The predicted molar refractivity (Wildman–Crippen MR) is 65.2 cm³/mol. The Hall–Kier alpha value is -0.570. The molecule has 0 spiro atoms. The molecule has 0 bridgehead atoms. The Kier molecular flexibility index (Phi) is 4.22. The van der Waals surface area contributed by atoms with Crippen LogP contribution < -0.4 is 5.32 Å². The number of carbonyl (C=O) groups excluding carboxylic acids is 1. The molecular formula is C13H24N2O. The monoisotopic (exact) mass is 224 g/mol. The number of likely N-dealkylation sites (tertiary alicyclic amines) is 1. The third kappa shape index (κ3) is 3.78. The fourth-order valence-electron chi connectivity index (χ4n) is 2.27. The van der Waals surface area contributed by atoms with Crippen LogP contribution in [0.3, 0.4) is 0 Å². The molecule has 3 nitrogen and oxygen atoms in total. The van der Waals surface area contributed by atoms with Gasteiger partial charge in [0, 0.05) is 25.6 Å². The third-order valence-corrected chi connectivity index (χ3v) is 3.71. The highest BCUT2D eigenvalue weighted by molar-refractivity contribution is 5.76. The molecule has 1 saturated heterocycles. The van der Waals surface area contributed by atoms with Gasteiger partial charge < -0.3 is 10.2 Å². The highest BCUT2D eigenvalue weighted by atomic mass is 16.2. The molecule has 1 heterocycles. The summed E-state index contributed by atoms with van der Waals surface area (Å²) in [6, 6.07) is 0.792. The van der Waals surface area contributed by atoms with Crippen molar-refractivity contribution in [2.24, 2.45) is 5.92 Å². The Bertz CT molecular complexity index is 238. The Labute approximate surface area is 98.6 Å². The van der Waals surface area contributed by atoms with Crippen molar-refractivity contribution >= 4 is 5.91 Å². The van der Waals surface area contributed by atoms with Crippen LogP contribution in [-0.2, 0) is 4.79 Å². The summed E-state index contributed by atoms with van der Waals surface area (Å²) < 4.78 is 0. The van der Waals surface area contributed by atoms with Gasteiger partial charge in [0.05, 0.1) is 0 Å². The van der Waals surface area contributed by atoms with Crippen LogP contribution in [-0.4, -0.2) is 36.5 Å². The predicted octanol–water partition coefficient (Wildman–Crippen LogP) is 1.78. The highest BCUT2D eigenvalue weighted by Crippen LogP contribution is 2.19. The Morgan fingerprint density at radius 1 is 1.31 bits per heavy atom. The third-order valence-electron chi connectivity index (χ3n) is 3.71. The van der Waals surface area contributed by atoms with Crippen LogP contribution in [0.15, 0.2) is 0 Å². The van der Waals surface area contributed by atoms with Crippen LogP contribution in [0.2, 0.25) is 0 Å². The molecule has 1 unspecified atom stereocenters. The molecule has 2 rings (SSSR count). The van der Waals surface area contributed by atoms with Crippen molar-refractivity contribution in [2.75, 3.05) is 19.6 Å². The largest absolute Gasteiger partial charge is 0.343 e. The van der Waals surface area contributed by atoms with Crippen LogP contribution in [0.4, 0.5) is 0 Å². The molecule has 0 aromatic rings. The van der Waals surface area contributed by atoms with Gasteiger partial charge in [-0.1, -0.05) is 6.92 Å². The number of amides is 1. The molecule has 1 saturated carbocycles. The van der Waals surface area contributed by atoms with Crippen molar-refractivity contribution in [1.29, 1.82) is 0 Å². The first-order valence-corrected chi connectivity index (χ1v) is 6.77. The van der Waals surface area contributed by atoms with Gasteiger partial charge in [-0.05, 0) is 44.6 Å². The highest BCUT2D eigenvalue weighted by Gasteiger charge is 2.21. The first kappa shape index (κ1) is 11.9. The maximum Gasteiger partial charge on any atom is 0.222 e. The van der Waals surface area contributed by atoms with Gasteiger partial charge in [-0.2, -0.15) is 0 Å². The fraction of sp³-hybridized carbons (Fsp3) is 0.923. The lowest BCUT2D eigenvalue weighted by molar-refractivity contribution is -0.130. The van der Waals surface area contributed by atoms with Gasteiger partial charge >= 0.3 is 0 Å². The van der Waals surface area contributed by atoms with Crippen molar-refractivity contribution in [3.05, 3.63) is 0 Å². The van der Waals surface area contributed by atoms with Crippen molar-refractivity contribution in [2.45, 2.75) is 51.5 Å². The lowest BCUT2D eigenvalue weighted by atomic mass is 10.0. The van der Waals surface area contributed by atoms with E-state index in [2.05, 4.69) is 17.1 Å². The second-order valence-corrected chi connectivity index (χ2v) is 5.40. The first-order chi connectivity index (χ1) is 7.75. The summed E-state index contributed by atoms with van der Waals surface area (Å²) in [5, 5.41) is 3.50. The van der Waals surface area contributed by atoms with Gasteiger partial charge in [0.1, 0.15) is 0 Å². The molecule has 1 aliphatic heterocycles. The maximum atomic E-state index is 11.8. The minimum atomic E-state index is 0.371. The van der Waals surface area contributed by atoms with Crippen LogP contribution in [0.5, 0.6) is 0 Å². The summed E-state index contributed by atoms with van der Waals surface area (Å²) in [5.41, 5.74) is 0. The van der Waals surface area contributed by atoms with Crippen molar-refractivity contribution in [1.82, 2.24) is 10.2 Å². The molecule has 1 N–H and O–H groups in total. The summed E-state index contributed by atoms with van der Waals surface area (Å²) in [6.45, 7) is 5.25. The summed E-state index contributed by atoms with van der Waals surface area (Å²) in [6.07, 6.45) is 6.83. The number of carbonyl (C=O) groups is 1. The Balaban J connectivity index is 1.63. The van der Waals surface area contributed by atoms with E-state index >= 15 is 0 Å². The SMILES string of the molecule is CC1CCC(=O)N(CCCNC2CC2)CC1. The number of nitrogens with one attached hydrogen (secondary N) is 1. The quantitative estimate of drug-likeness (QED) is 0.722. The minimum Gasteiger partial charge on any atom is -0.343 e. The summed E-state index contributed by atoms with van der Waals surface area (Å²) >= 11 is 0. The second-order valence-electron chi connectivity index (χ2n) is 5.40. The fourth-order valence-corrected chi connectivity index (χ4v) is 2.27. The topological polar surface area (TPSA) is 32.3 Å². The molecular weight excluding hydrogens is 200 g/mol. The van der Waals surface area contributed by atoms with E-state index in [1.807, 2.05) is 0 Å². The lowest BCUT2D eigenvalue weighted by Crippen LogP contribution is -2.33. The standard InChI is InChI=1S/C13H24N2O/c1-11-3-6-13(16)15(10-7-11)9-2-8-14-12-4-5-12/h11-12,14H,2-10H2,1H3. The second kappa shape index (κ2) is 5.67. The number of hydrogen-bond donors (Lipinski definition) is 1. The summed E-state index contributed by atoms with van der Waals surface area (Å²) in [7, 11) is 0. The van der Waals surface area contributed by atoms with E-state index in [9.17, 15) is 4.79 Å². The average molecular weight is 224 g/mol. The normalized spacial score (nSPS) is 26.9. The molecule has 2 fully saturated rings. The molecule has 0 aromatic heterocycles. The molecule has 0 aromatic carbocycles. The van der Waals surface area contributed by atoms with Gasteiger partial charge in [-0.3, -0.25) is 4.79 Å². The van der Waals surface area contributed by atoms with Crippen molar-refractivity contribution in [3.63, 3.8) is 0 Å². The number of hydrogen-bond acceptors (Lipinski definition) is 2. The van der Waals surface area contributed by atoms with E-state index in [1.54, 1.807) is 0 Å².